The lowest BCUT2D eigenvalue weighted by Gasteiger charge is -2.12. The van der Waals surface area contributed by atoms with Gasteiger partial charge in [-0.05, 0) is 70.9 Å². The van der Waals surface area contributed by atoms with Crippen molar-refractivity contribution >= 4 is 56.5 Å². The Morgan fingerprint density at radius 1 is 0.968 bits per heavy atom. The van der Waals surface area contributed by atoms with E-state index in [1.54, 1.807) is 18.2 Å². The minimum Gasteiger partial charge on any atom is -0.489 e. The second kappa shape index (κ2) is 9.73. The maximum absolute atomic E-state index is 12.8. The maximum atomic E-state index is 12.8. The fraction of sp³-hybridized carbons (Fsp3) is 0.0833. The van der Waals surface area contributed by atoms with Gasteiger partial charge in [-0.15, -0.1) is 0 Å². The van der Waals surface area contributed by atoms with Gasteiger partial charge >= 0.3 is 0 Å². The highest BCUT2D eigenvalue weighted by Gasteiger charge is 2.34. The van der Waals surface area contributed by atoms with Gasteiger partial charge in [0.1, 0.15) is 12.4 Å². The van der Waals surface area contributed by atoms with E-state index in [-0.39, 0.29) is 17.7 Å². The quantitative estimate of drug-likeness (QED) is 0.335. The highest BCUT2D eigenvalue weighted by Crippen LogP contribution is 2.33. The molecule has 1 saturated heterocycles. The van der Waals surface area contributed by atoms with Gasteiger partial charge in [0, 0.05) is 9.50 Å². The number of ether oxygens (including phenoxy) is 1. The minimum absolute atomic E-state index is 0.218. The molecule has 2 amide bonds. The summed E-state index contributed by atoms with van der Waals surface area (Å²) in [7, 11) is 0. The number of carbonyl (C=O) groups is 2. The molecule has 1 aliphatic rings. The molecule has 3 aromatic rings. The first-order chi connectivity index (χ1) is 15.0. The van der Waals surface area contributed by atoms with Crippen LogP contribution in [0, 0.1) is 0 Å². The van der Waals surface area contributed by atoms with Gasteiger partial charge in [-0.3, -0.25) is 14.5 Å². The van der Waals surface area contributed by atoms with E-state index in [0.29, 0.717) is 22.3 Å². The molecular weight excluding hydrogens is 498 g/mol. The third-order valence-corrected chi connectivity index (χ3v) is 6.29. The van der Waals surface area contributed by atoms with Crippen molar-refractivity contribution in [3.05, 3.63) is 104 Å². The van der Waals surface area contributed by atoms with Gasteiger partial charge in [-0.25, -0.2) is 0 Å². The van der Waals surface area contributed by atoms with Gasteiger partial charge in [0.2, 0.25) is 0 Å². The number of hydrogen-bond acceptors (Lipinski definition) is 4. The standard InChI is InChI=1S/C24H17BrClNO3S/c25-19-8-4-17(5-9-19)15-30-21-3-1-2-18(12-21)13-22-23(28)27(24(29)31-22)14-16-6-10-20(26)11-7-16/h1-13H,14-15H2/b22-13-. The smallest absolute Gasteiger partial charge is 0.293 e. The van der Waals surface area contributed by atoms with Crippen LogP contribution in [0.4, 0.5) is 4.79 Å². The number of halogens is 2. The largest absolute Gasteiger partial charge is 0.489 e. The molecule has 1 fully saturated rings. The molecule has 0 atom stereocenters. The van der Waals surface area contributed by atoms with Crippen LogP contribution in [0.1, 0.15) is 16.7 Å². The predicted octanol–water partition coefficient (Wildman–Crippen LogP) is 6.92. The summed E-state index contributed by atoms with van der Waals surface area (Å²) in [6.45, 7) is 0.657. The van der Waals surface area contributed by atoms with Crippen LogP contribution in [0.25, 0.3) is 6.08 Å². The molecule has 1 aliphatic heterocycles. The monoisotopic (exact) mass is 513 g/mol. The first-order valence-corrected chi connectivity index (χ1v) is 11.4. The molecule has 31 heavy (non-hydrogen) atoms. The van der Waals surface area contributed by atoms with E-state index in [0.717, 1.165) is 32.9 Å². The predicted molar refractivity (Wildman–Crippen MR) is 128 cm³/mol. The Labute approximate surface area is 198 Å². The molecule has 0 aliphatic carbocycles. The van der Waals surface area contributed by atoms with Crippen molar-refractivity contribution in [2.45, 2.75) is 13.2 Å². The summed E-state index contributed by atoms with van der Waals surface area (Å²) in [5, 5.41) is 0.328. The van der Waals surface area contributed by atoms with Gasteiger partial charge < -0.3 is 4.74 Å². The van der Waals surface area contributed by atoms with E-state index < -0.39 is 0 Å². The van der Waals surface area contributed by atoms with E-state index in [9.17, 15) is 9.59 Å². The van der Waals surface area contributed by atoms with Crippen LogP contribution in [0.5, 0.6) is 5.75 Å². The molecule has 0 radical (unpaired) electrons. The number of thioether (sulfide) groups is 1. The number of nitrogens with zero attached hydrogens (tertiary/aromatic N) is 1. The highest BCUT2D eigenvalue weighted by atomic mass is 79.9. The van der Waals surface area contributed by atoms with Crippen LogP contribution < -0.4 is 4.74 Å². The molecule has 0 bridgehead atoms. The molecule has 7 heteroatoms. The van der Waals surface area contributed by atoms with Crippen molar-refractivity contribution in [2.75, 3.05) is 0 Å². The van der Waals surface area contributed by atoms with Gasteiger partial charge in [0.05, 0.1) is 11.4 Å². The third-order valence-electron chi connectivity index (χ3n) is 4.60. The van der Waals surface area contributed by atoms with Gasteiger partial charge in [-0.1, -0.05) is 63.9 Å². The molecule has 156 valence electrons. The van der Waals surface area contributed by atoms with Gasteiger partial charge in [0.25, 0.3) is 11.1 Å². The number of rotatable bonds is 6. The summed E-state index contributed by atoms with van der Waals surface area (Å²) in [5.74, 6) is 0.392. The lowest BCUT2D eigenvalue weighted by molar-refractivity contribution is -0.123. The summed E-state index contributed by atoms with van der Waals surface area (Å²) in [5.41, 5.74) is 2.69. The van der Waals surface area contributed by atoms with E-state index in [1.807, 2.05) is 60.7 Å². The van der Waals surface area contributed by atoms with Crippen LogP contribution in [-0.2, 0) is 17.9 Å². The molecule has 3 aromatic carbocycles. The Kier molecular flexibility index (Phi) is 6.80. The van der Waals surface area contributed by atoms with E-state index in [2.05, 4.69) is 15.9 Å². The van der Waals surface area contributed by atoms with Crippen molar-refractivity contribution in [2.24, 2.45) is 0 Å². The number of carbonyl (C=O) groups excluding carboxylic acids is 2. The molecule has 0 aromatic heterocycles. The lowest BCUT2D eigenvalue weighted by Crippen LogP contribution is -2.27. The van der Waals surface area contributed by atoms with E-state index in [4.69, 9.17) is 16.3 Å². The Morgan fingerprint density at radius 3 is 2.42 bits per heavy atom. The summed E-state index contributed by atoms with van der Waals surface area (Å²) >= 11 is 10.3. The van der Waals surface area contributed by atoms with Crippen molar-refractivity contribution in [1.29, 1.82) is 0 Å². The second-order valence-electron chi connectivity index (χ2n) is 6.88. The molecule has 0 unspecified atom stereocenters. The number of hydrogen-bond donors (Lipinski definition) is 0. The normalized spacial score (nSPS) is 15.0. The summed E-state index contributed by atoms with van der Waals surface area (Å²) < 4.78 is 6.89. The SMILES string of the molecule is O=C1S/C(=C\c2cccc(OCc3ccc(Br)cc3)c2)C(=O)N1Cc1ccc(Cl)cc1. The van der Waals surface area contributed by atoms with Crippen molar-refractivity contribution in [3.8, 4) is 5.75 Å². The van der Waals surface area contributed by atoms with Gasteiger partial charge in [-0.2, -0.15) is 0 Å². The molecule has 4 nitrogen and oxygen atoms in total. The summed E-state index contributed by atoms with van der Waals surface area (Å²) in [6.07, 6.45) is 1.72. The fourth-order valence-corrected chi connectivity index (χ4v) is 4.23. The van der Waals surface area contributed by atoms with Crippen molar-refractivity contribution in [3.63, 3.8) is 0 Å². The maximum Gasteiger partial charge on any atom is 0.293 e. The van der Waals surface area contributed by atoms with Crippen LogP contribution in [0.2, 0.25) is 5.02 Å². The van der Waals surface area contributed by atoms with Crippen LogP contribution in [-0.4, -0.2) is 16.0 Å². The highest BCUT2D eigenvalue weighted by molar-refractivity contribution is 9.10. The molecule has 0 saturated carbocycles. The number of imide groups is 1. The molecular formula is C24H17BrClNO3S. The average Bonchev–Trinajstić information content (AvgIpc) is 3.02. The molecule has 4 rings (SSSR count). The molecule has 0 spiro atoms. The van der Waals surface area contributed by atoms with Crippen LogP contribution in [0.15, 0.2) is 82.2 Å². The molecule has 0 N–H and O–H groups in total. The zero-order valence-electron chi connectivity index (χ0n) is 16.3. The van der Waals surface area contributed by atoms with E-state index >= 15 is 0 Å². The Hall–Kier alpha value is -2.54. The Morgan fingerprint density at radius 2 is 1.68 bits per heavy atom. The Bertz CT molecular complexity index is 1150. The van der Waals surface area contributed by atoms with Gasteiger partial charge in [0.15, 0.2) is 0 Å². The fourth-order valence-electron chi connectivity index (χ4n) is 3.00. The third kappa shape index (κ3) is 5.58. The van der Waals surface area contributed by atoms with Crippen LogP contribution in [0.3, 0.4) is 0 Å². The summed E-state index contributed by atoms with van der Waals surface area (Å²) in [4.78, 5) is 26.8. The zero-order valence-corrected chi connectivity index (χ0v) is 19.4. The summed E-state index contributed by atoms with van der Waals surface area (Å²) in [6, 6.07) is 22.5. The molecule has 1 heterocycles. The average molecular weight is 515 g/mol. The first-order valence-electron chi connectivity index (χ1n) is 9.45. The first kappa shape index (κ1) is 21.7. The number of amides is 2. The van der Waals surface area contributed by atoms with Crippen molar-refractivity contribution < 1.29 is 14.3 Å². The zero-order chi connectivity index (χ0) is 21.8. The number of benzene rings is 3. The lowest BCUT2D eigenvalue weighted by atomic mass is 10.2. The van der Waals surface area contributed by atoms with E-state index in [1.165, 1.54) is 4.90 Å². The second-order valence-corrected chi connectivity index (χ2v) is 9.23. The Balaban J connectivity index is 1.44. The van der Waals surface area contributed by atoms with Crippen LogP contribution >= 0.6 is 39.3 Å². The van der Waals surface area contributed by atoms with Crippen molar-refractivity contribution in [1.82, 2.24) is 4.90 Å². The topological polar surface area (TPSA) is 46.6 Å². The minimum atomic E-state index is -0.300.